The molecule has 0 saturated heterocycles. The predicted molar refractivity (Wildman–Crippen MR) is 87.0 cm³/mol. The Morgan fingerprint density at radius 3 is 2.70 bits per heavy atom. The van der Waals surface area contributed by atoms with E-state index in [9.17, 15) is 9.90 Å². The fraction of sp³-hybridized carbons (Fsp3) is 0.412. The van der Waals surface area contributed by atoms with Gasteiger partial charge in [-0.3, -0.25) is 9.48 Å². The Balaban J connectivity index is 1.79. The summed E-state index contributed by atoms with van der Waals surface area (Å²) in [4.78, 5) is 13.8. The van der Waals surface area contributed by atoms with Gasteiger partial charge < -0.3 is 14.7 Å². The molecule has 6 nitrogen and oxygen atoms in total. The average Bonchev–Trinajstić information content (AvgIpc) is 2.87. The lowest BCUT2D eigenvalue weighted by Gasteiger charge is -2.20. The Morgan fingerprint density at radius 2 is 2.09 bits per heavy atom. The van der Waals surface area contributed by atoms with Gasteiger partial charge in [-0.15, -0.1) is 0 Å². The largest absolute Gasteiger partial charge is 0.389 e. The molecule has 2 rings (SSSR count). The number of amides is 1. The number of benzene rings is 1. The molecule has 2 aromatic rings. The van der Waals surface area contributed by atoms with E-state index < -0.39 is 6.10 Å². The molecule has 1 aromatic heterocycles. The van der Waals surface area contributed by atoms with Crippen LogP contribution in [-0.4, -0.2) is 52.0 Å². The van der Waals surface area contributed by atoms with Gasteiger partial charge in [0.15, 0.2) is 0 Å². The molecule has 0 fully saturated rings. The van der Waals surface area contributed by atoms with E-state index in [2.05, 4.69) is 5.10 Å². The fourth-order valence-electron chi connectivity index (χ4n) is 2.25. The Kier molecular flexibility index (Phi) is 5.90. The molecule has 0 aliphatic rings. The molecule has 1 N–H and O–H groups in total. The fourth-order valence-corrected chi connectivity index (χ4v) is 2.25. The minimum Gasteiger partial charge on any atom is -0.389 e. The number of aliphatic hydroxyl groups is 1. The minimum atomic E-state index is -0.732. The van der Waals surface area contributed by atoms with E-state index in [0.29, 0.717) is 12.2 Å². The summed E-state index contributed by atoms with van der Waals surface area (Å²) in [6, 6.07) is 9.76. The second-order valence-corrected chi connectivity index (χ2v) is 5.61. The van der Waals surface area contributed by atoms with Crippen molar-refractivity contribution in [2.75, 3.05) is 20.2 Å². The van der Waals surface area contributed by atoms with E-state index in [4.69, 9.17) is 4.74 Å². The van der Waals surface area contributed by atoms with Gasteiger partial charge in [-0.05, 0) is 12.5 Å². The molecule has 0 aliphatic heterocycles. The molecular formula is C17H23N3O3. The van der Waals surface area contributed by atoms with Crippen LogP contribution >= 0.6 is 0 Å². The van der Waals surface area contributed by atoms with E-state index in [1.807, 2.05) is 37.3 Å². The summed E-state index contributed by atoms with van der Waals surface area (Å²) in [5, 5.41) is 14.1. The highest BCUT2D eigenvalue weighted by atomic mass is 16.5. The van der Waals surface area contributed by atoms with Gasteiger partial charge in [0.05, 0.1) is 31.1 Å². The first-order valence-electron chi connectivity index (χ1n) is 7.53. The number of likely N-dealkylation sites (N-methyl/N-ethyl adjacent to an activating group) is 1. The molecule has 0 radical (unpaired) electrons. The Bertz CT molecular complexity index is 640. The molecule has 6 heteroatoms. The average molecular weight is 317 g/mol. The monoisotopic (exact) mass is 317 g/mol. The zero-order valence-corrected chi connectivity index (χ0v) is 13.8. The summed E-state index contributed by atoms with van der Waals surface area (Å²) < 4.78 is 7.14. The lowest BCUT2D eigenvalue weighted by molar-refractivity contribution is 0.0137. The zero-order chi connectivity index (χ0) is 16.8. The van der Waals surface area contributed by atoms with E-state index in [1.165, 1.54) is 4.90 Å². The van der Waals surface area contributed by atoms with Crippen molar-refractivity contribution >= 4 is 5.91 Å². The van der Waals surface area contributed by atoms with Crippen molar-refractivity contribution in [2.45, 2.75) is 19.6 Å². The minimum absolute atomic E-state index is 0.155. The normalized spacial score (nSPS) is 12.2. The van der Waals surface area contributed by atoms with E-state index in [1.54, 1.807) is 25.0 Å². The number of hydrogen-bond acceptors (Lipinski definition) is 4. The highest BCUT2D eigenvalue weighted by Crippen LogP contribution is 2.09. The van der Waals surface area contributed by atoms with Crippen LogP contribution in [0.15, 0.2) is 36.5 Å². The maximum Gasteiger partial charge on any atom is 0.257 e. The number of aryl methyl sites for hydroxylation is 1. The van der Waals surface area contributed by atoms with Gasteiger partial charge in [-0.25, -0.2) is 0 Å². The molecule has 0 saturated carbocycles. The summed E-state index contributed by atoms with van der Waals surface area (Å²) in [6.45, 7) is 2.67. The van der Waals surface area contributed by atoms with Gasteiger partial charge in [0.2, 0.25) is 0 Å². The molecule has 1 heterocycles. The third-order valence-electron chi connectivity index (χ3n) is 3.72. The number of nitrogens with zero attached hydrogens (tertiary/aromatic N) is 3. The van der Waals surface area contributed by atoms with Crippen LogP contribution in [-0.2, 0) is 18.4 Å². The smallest absolute Gasteiger partial charge is 0.257 e. The van der Waals surface area contributed by atoms with Crippen molar-refractivity contribution in [3.8, 4) is 0 Å². The quantitative estimate of drug-likeness (QED) is 0.838. The van der Waals surface area contributed by atoms with Crippen molar-refractivity contribution in [1.82, 2.24) is 14.7 Å². The third-order valence-corrected chi connectivity index (χ3v) is 3.72. The summed E-state index contributed by atoms with van der Waals surface area (Å²) >= 11 is 0. The van der Waals surface area contributed by atoms with Crippen molar-refractivity contribution < 1.29 is 14.6 Å². The van der Waals surface area contributed by atoms with Crippen LogP contribution in [0.1, 0.15) is 21.6 Å². The van der Waals surface area contributed by atoms with Gasteiger partial charge in [-0.1, -0.05) is 30.3 Å². The lowest BCUT2D eigenvalue weighted by Crippen LogP contribution is -2.36. The third kappa shape index (κ3) is 4.64. The summed E-state index contributed by atoms with van der Waals surface area (Å²) in [6.07, 6.45) is 0.816. The number of aromatic nitrogens is 2. The van der Waals surface area contributed by atoms with Crippen LogP contribution < -0.4 is 0 Å². The van der Waals surface area contributed by atoms with Crippen LogP contribution in [0, 0.1) is 6.92 Å². The number of aliphatic hydroxyl groups excluding tert-OH is 1. The van der Waals surface area contributed by atoms with Gasteiger partial charge in [0, 0.05) is 26.3 Å². The molecule has 1 aromatic carbocycles. The highest BCUT2D eigenvalue weighted by molar-refractivity contribution is 5.94. The summed E-state index contributed by atoms with van der Waals surface area (Å²) in [5.74, 6) is -0.155. The number of ether oxygens (including phenoxy) is 1. The van der Waals surface area contributed by atoms with Crippen LogP contribution in [0.5, 0.6) is 0 Å². The Hall–Kier alpha value is -2.18. The molecule has 0 aliphatic carbocycles. The van der Waals surface area contributed by atoms with Crippen LogP contribution in [0.4, 0.5) is 0 Å². The molecule has 1 atom stereocenters. The first-order chi connectivity index (χ1) is 11.0. The van der Waals surface area contributed by atoms with E-state index >= 15 is 0 Å². The predicted octanol–water partition coefficient (Wildman–Crippen LogP) is 1.38. The van der Waals surface area contributed by atoms with E-state index in [-0.39, 0.29) is 19.1 Å². The number of hydrogen-bond donors (Lipinski definition) is 1. The lowest BCUT2D eigenvalue weighted by atomic mass is 10.2. The van der Waals surface area contributed by atoms with Gasteiger partial charge >= 0.3 is 0 Å². The molecule has 23 heavy (non-hydrogen) atoms. The maximum atomic E-state index is 12.3. The van der Waals surface area contributed by atoms with Crippen molar-refractivity contribution in [2.24, 2.45) is 7.05 Å². The number of rotatable bonds is 7. The first kappa shape index (κ1) is 17.2. The SMILES string of the molecule is Cc1c(C(=O)N(C)CC(O)COCc2ccccc2)cnn1C. The van der Waals surface area contributed by atoms with Crippen LogP contribution in [0.3, 0.4) is 0 Å². The van der Waals surface area contributed by atoms with Crippen molar-refractivity contribution in [3.05, 3.63) is 53.3 Å². The van der Waals surface area contributed by atoms with Crippen LogP contribution in [0.25, 0.3) is 0 Å². The topological polar surface area (TPSA) is 67.6 Å². The molecule has 0 bridgehead atoms. The standard InChI is InChI=1S/C17H23N3O3/c1-13-16(9-18-20(13)3)17(22)19(2)10-15(21)12-23-11-14-7-5-4-6-8-14/h4-9,15,21H,10-12H2,1-3H3. The summed E-state index contributed by atoms with van der Waals surface area (Å²) in [5.41, 5.74) is 2.40. The highest BCUT2D eigenvalue weighted by Gasteiger charge is 2.19. The Labute approximate surface area is 136 Å². The van der Waals surface area contributed by atoms with Crippen molar-refractivity contribution in [3.63, 3.8) is 0 Å². The summed E-state index contributed by atoms with van der Waals surface area (Å²) in [7, 11) is 3.45. The second kappa shape index (κ2) is 7.89. The van der Waals surface area contributed by atoms with Crippen molar-refractivity contribution in [1.29, 1.82) is 0 Å². The Morgan fingerprint density at radius 1 is 1.39 bits per heavy atom. The molecule has 0 spiro atoms. The van der Waals surface area contributed by atoms with Crippen LogP contribution in [0.2, 0.25) is 0 Å². The first-order valence-corrected chi connectivity index (χ1v) is 7.53. The number of carbonyl (C=O) groups excluding carboxylic acids is 1. The maximum absolute atomic E-state index is 12.3. The zero-order valence-electron chi connectivity index (χ0n) is 13.8. The van der Waals surface area contributed by atoms with Gasteiger partial charge in [-0.2, -0.15) is 5.10 Å². The van der Waals surface area contributed by atoms with E-state index in [0.717, 1.165) is 11.3 Å². The molecule has 124 valence electrons. The second-order valence-electron chi connectivity index (χ2n) is 5.61. The molecule has 1 unspecified atom stereocenters. The molecule has 1 amide bonds. The van der Waals surface area contributed by atoms with Gasteiger partial charge in [0.1, 0.15) is 0 Å². The molecular weight excluding hydrogens is 294 g/mol. The number of carbonyl (C=O) groups is 1. The van der Waals surface area contributed by atoms with Gasteiger partial charge in [0.25, 0.3) is 5.91 Å².